The third kappa shape index (κ3) is 4.19. The van der Waals surface area contributed by atoms with Crippen LogP contribution in [0.15, 0.2) is 66.0 Å². The maximum absolute atomic E-state index is 12.6. The summed E-state index contributed by atoms with van der Waals surface area (Å²) in [5.41, 5.74) is 8.57. The molecule has 2 heterocycles. The predicted molar refractivity (Wildman–Crippen MR) is 114 cm³/mol. The van der Waals surface area contributed by atoms with Gasteiger partial charge in [0.15, 0.2) is 0 Å². The zero-order chi connectivity index (χ0) is 20.3. The predicted octanol–water partition coefficient (Wildman–Crippen LogP) is 2.71. The van der Waals surface area contributed by atoms with E-state index in [1.54, 1.807) is 24.4 Å². The van der Waals surface area contributed by atoms with Crippen LogP contribution < -0.4 is 10.5 Å². The van der Waals surface area contributed by atoms with Gasteiger partial charge < -0.3 is 5.73 Å². The van der Waals surface area contributed by atoms with Gasteiger partial charge in [-0.05, 0) is 29.3 Å². The van der Waals surface area contributed by atoms with E-state index in [1.807, 2.05) is 41.1 Å². The summed E-state index contributed by atoms with van der Waals surface area (Å²) in [6.07, 6.45) is 6.86. The normalized spacial score (nSPS) is 12.0. The summed E-state index contributed by atoms with van der Waals surface area (Å²) in [5, 5.41) is 5.40. The Morgan fingerprint density at radius 1 is 1.21 bits per heavy atom. The topological polar surface area (TPSA) is 116 Å². The van der Waals surface area contributed by atoms with Crippen LogP contribution in [0.1, 0.15) is 11.1 Å². The molecule has 0 aliphatic heterocycles. The van der Waals surface area contributed by atoms with Crippen LogP contribution in [0.5, 0.6) is 0 Å². The molecule has 29 heavy (non-hydrogen) atoms. The average Bonchev–Trinajstić information content (AvgIpc) is 3.36. The number of rotatable bonds is 7. The van der Waals surface area contributed by atoms with Crippen molar-refractivity contribution < 1.29 is 8.42 Å². The van der Waals surface area contributed by atoms with E-state index >= 15 is 0 Å². The molecule has 2 aromatic heterocycles. The lowest BCUT2D eigenvalue weighted by molar-refractivity contribution is 0.601. The maximum Gasteiger partial charge on any atom is 0.263 e. The van der Waals surface area contributed by atoms with Crippen molar-refractivity contribution in [3.63, 3.8) is 0 Å². The van der Waals surface area contributed by atoms with E-state index in [1.165, 1.54) is 6.33 Å². The highest BCUT2D eigenvalue weighted by molar-refractivity contribution is 7.93. The van der Waals surface area contributed by atoms with Gasteiger partial charge >= 0.3 is 0 Å². The molecule has 0 unspecified atom stereocenters. The highest BCUT2D eigenvalue weighted by atomic mass is 32.2. The molecule has 0 bridgehead atoms. The van der Waals surface area contributed by atoms with E-state index in [0.29, 0.717) is 13.1 Å². The summed E-state index contributed by atoms with van der Waals surface area (Å²) < 4.78 is 33.2. The zero-order valence-electron chi connectivity index (χ0n) is 15.3. The first-order chi connectivity index (χ1) is 14.1. The number of nitrogens with two attached hydrogens (primary N) is 1. The molecule has 10 heteroatoms. The second-order valence-corrected chi connectivity index (χ2v) is 8.67. The summed E-state index contributed by atoms with van der Waals surface area (Å²) >= 11 is 0.979. The minimum absolute atomic E-state index is 0.144. The van der Waals surface area contributed by atoms with E-state index < -0.39 is 10.0 Å². The monoisotopic (exact) mass is 426 g/mol. The first-order valence-electron chi connectivity index (χ1n) is 8.76. The molecule has 4 aromatic rings. The van der Waals surface area contributed by atoms with Gasteiger partial charge in [0.2, 0.25) is 5.13 Å². The number of hydrogen-bond acceptors (Lipinski definition) is 7. The molecule has 0 aliphatic rings. The van der Waals surface area contributed by atoms with Crippen molar-refractivity contribution in [2.75, 3.05) is 11.3 Å². The Morgan fingerprint density at radius 2 is 2.07 bits per heavy atom. The van der Waals surface area contributed by atoms with E-state index in [2.05, 4.69) is 19.2 Å². The molecule has 0 saturated heterocycles. The number of aromatic nitrogens is 4. The second-order valence-electron chi connectivity index (χ2n) is 6.21. The fourth-order valence-electron chi connectivity index (χ4n) is 2.95. The van der Waals surface area contributed by atoms with Crippen molar-refractivity contribution >= 4 is 43.7 Å². The van der Waals surface area contributed by atoms with Gasteiger partial charge in [-0.1, -0.05) is 36.4 Å². The molecule has 8 nitrogen and oxygen atoms in total. The minimum atomic E-state index is -3.74. The Kier molecular flexibility index (Phi) is 5.38. The fraction of sp³-hybridized carbons (Fsp3) is 0.105. The molecular weight excluding hydrogens is 408 g/mol. The van der Waals surface area contributed by atoms with Gasteiger partial charge in [0.05, 0.1) is 23.2 Å². The molecule has 0 saturated carbocycles. The Labute approximate surface area is 171 Å². The molecule has 2 aromatic carbocycles. The Balaban J connectivity index is 1.64. The van der Waals surface area contributed by atoms with Crippen LogP contribution in [0, 0.1) is 0 Å². The Hall–Kier alpha value is -3.08. The van der Waals surface area contributed by atoms with Crippen LogP contribution in [-0.4, -0.2) is 34.1 Å². The largest absolute Gasteiger partial charge is 0.327 e. The van der Waals surface area contributed by atoms with E-state index in [-0.39, 0.29) is 10.0 Å². The number of fused-ring (bicyclic) bond motifs is 1. The van der Waals surface area contributed by atoms with Crippen LogP contribution in [-0.2, 0) is 16.6 Å². The molecule has 0 atom stereocenters. The zero-order valence-corrected chi connectivity index (χ0v) is 16.9. The van der Waals surface area contributed by atoms with E-state index in [4.69, 9.17) is 5.73 Å². The van der Waals surface area contributed by atoms with Gasteiger partial charge in [-0.3, -0.25) is 9.40 Å². The summed E-state index contributed by atoms with van der Waals surface area (Å²) in [6, 6.07) is 12.9. The number of anilines is 1. The maximum atomic E-state index is 12.6. The third-order valence-electron chi connectivity index (χ3n) is 4.32. The average molecular weight is 427 g/mol. The standard InChI is InChI=1S/C19H18N6O2S2/c20-9-3-6-14-4-1-2-5-15(14)12-25-18-8-7-17(10-16(18)11-22-25)29(26,27)24-19-21-13-23-28-19/h1-8,10-11,13H,9,12,20H2,(H,21,23,24). The minimum Gasteiger partial charge on any atom is -0.327 e. The first kappa shape index (κ1) is 19.2. The molecule has 0 spiro atoms. The third-order valence-corrected chi connectivity index (χ3v) is 6.36. The lowest BCUT2D eigenvalue weighted by Crippen LogP contribution is -2.12. The van der Waals surface area contributed by atoms with Crippen LogP contribution in [0.4, 0.5) is 5.13 Å². The lowest BCUT2D eigenvalue weighted by atomic mass is 10.1. The highest BCUT2D eigenvalue weighted by Gasteiger charge is 2.17. The molecule has 0 amide bonds. The molecule has 0 aliphatic carbocycles. The van der Waals surface area contributed by atoms with Crippen LogP contribution in [0.25, 0.3) is 17.0 Å². The van der Waals surface area contributed by atoms with Gasteiger partial charge in [0.25, 0.3) is 10.0 Å². The SMILES string of the molecule is NCC=Cc1ccccc1Cn1ncc2cc(S(=O)(=O)Nc3ncns3)ccc21. The first-order valence-corrected chi connectivity index (χ1v) is 11.0. The summed E-state index contributed by atoms with van der Waals surface area (Å²) in [6.45, 7) is 1.03. The van der Waals surface area contributed by atoms with Crippen LogP contribution in [0.2, 0.25) is 0 Å². The number of nitrogens with one attached hydrogen (secondary N) is 1. The molecular formula is C19H18N6O2S2. The lowest BCUT2D eigenvalue weighted by Gasteiger charge is -2.09. The van der Waals surface area contributed by atoms with Crippen LogP contribution in [0.3, 0.4) is 0 Å². The van der Waals surface area contributed by atoms with E-state index in [0.717, 1.165) is 33.6 Å². The van der Waals surface area contributed by atoms with Crippen LogP contribution >= 0.6 is 11.5 Å². The van der Waals surface area contributed by atoms with Crippen molar-refractivity contribution in [1.82, 2.24) is 19.1 Å². The molecule has 3 N–H and O–H groups in total. The molecule has 0 radical (unpaired) electrons. The quantitative estimate of drug-likeness (QED) is 0.469. The van der Waals surface area contributed by atoms with Crippen molar-refractivity contribution in [3.8, 4) is 0 Å². The Bertz CT molecular complexity index is 1260. The van der Waals surface area contributed by atoms with Gasteiger partial charge in [0, 0.05) is 23.5 Å². The van der Waals surface area contributed by atoms with Crippen molar-refractivity contribution in [2.24, 2.45) is 5.73 Å². The van der Waals surface area contributed by atoms with E-state index in [9.17, 15) is 8.42 Å². The molecule has 148 valence electrons. The van der Waals surface area contributed by atoms with Crippen molar-refractivity contribution in [1.29, 1.82) is 0 Å². The van der Waals surface area contributed by atoms with Crippen molar-refractivity contribution in [2.45, 2.75) is 11.4 Å². The number of sulfonamides is 1. The highest BCUT2D eigenvalue weighted by Crippen LogP contribution is 2.23. The second kappa shape index (κ2) is 8.11. The summed E-state index contributed by atoms with van der Waals surface area (Å²) in [5.74, 6) is 0. The smallest absolute Gasteiger partial charge is 0.263 e. The van der Waals surface area contributed by atoms with Gasteiger partial charge in [-0.2, -0.15) is 9.47 Å². The van der Waals surface area contributed by atoms with Gasteiger partial charge in [-0.25, -0.2) is 13.4 Å². The number of hydrogen-bond donors (Lipinski definition) is 2. The number of benzene rings is 2. The molecule has 0 fully saturated rings. The van der Waals surface area contributed by atoms with Crippen molar-refractivity contribution in [3.05, 3.63) is 72.2 Å². The molecule has 4 rings (SSSR count). The van der Waals surface area contributed by atoms with Gasteiger partial charge in [-0.15, -0.1) is 0 Å². The summed E-state index contributed by atoms with van der Waals surface area (Å²) in [7, 11) is -3.74. The Morgan fingerprint density at radius 3 is 2.86 bits per heavy atom. The van der Waals surface area contributed by atoms with Gasteiger partial charge in [0.1, 0.15) is 6.33 Å². The summed E-state index contributed by atoms with van der Waals surface area (Å²) in [4.78, 5) is 4.00. The fourth-order valence-corrected chi connectivity index (χ4v) is 4.64. The number of nitrogens with zero attached hydrogens (tertiary/aromatic N) is 4.